The van der Waals surface area contributed by atoms with Crippen LogP contribution in [0.3, 0.4) is 0 Å². The van der Waals surface area contributed by atoms with Crippen LogP contribution in [0.15, 0.2) is 0 Å². The second kappa shape index (κ2) is 8.00. The van der Waals surface area contributed by atoms with Gasteiger partial charge in [-0.15, -0.1) is 24.8 Å². The predicted octanol–water partition coefficient (Wildman–Crippen LogP) is 1.96. The molecule has 3 heterocycles. The van der Waals surface area contributed by atoms with Crippen LogP contribution in [0.4, 0.5) is 0 Å². The Labute approximate surface area is 140 Å². The Bertz CT molecular complexity index is 348. The van der Waals surface area contributed by atoms with Gasteiger partial charge < -0.3 is 10.6 Å². The van der Waals surface area contributed by atoms with E-state index in [0.717, 1.165) is 32.4 Å². The molecule has 0 saturated carbocycles. The molecule has 3 unspecified atom stereocenters. The first-order chi connectivity index (χ1) is 9.19. The molecule has 0 radical (unpaired) electrons. The molecule has 3 aliphatic heterocycles. The topological polar surface area (TPSA) is 44.4 Å². The number of carbonyl (C=O) groups is 1. The Morgan fingerprint density at radius 2 is 2.00 bits per heavy atom. The molecule has 0 bridgehead atoms. The van der Waals surface area contributed by atoms with Gasteiger partial charge in [-0.05, 0) is 52.1 Å². The van der Waals surface area contributed by atoms with E-state index in [4.69, 9.17) is 0 Å². The van der Waals surface area contributed by atoms with E-state index in [1.54, 1.807) is 0 Å². The van der Waals surface area contributed by atoms with Gasteiger partial charge in [0.25, 0.3) is 0 Å². The minimum atomic E-state index is -0.194. The minimum Gasteiger partial charge on any atom is -0.351 e. The molecule has 3 rings (SSSR count). The highest BCUT2D eigenvalue weighted by Gasteiger charge is 2.40. The highest BCUT2D eigenvalue weighted by molar-refractivity contribution is 5.85. The SMILES string of the molecule is CC1(C(=O)NC2CCN3CCCCC23)CCCNC1.Cl.Cl. The lowest BCUT2D eigenvalue weighted by Crippen LogP contribution is -2.54. The maximum Gasteiger partial charge on any atom is 0.227 e. The van der Waals surface area contributed by atoms with Crippen molar-refractivity contribution < 1.29 is 4.79 Å². The van der Waals surface area contributed by atoms with Crippen LogP contribution in [-0.4, -0.2) is 49.1 Å². The number of halogens is 2. The standard InChI is InChI=1S/C15H27N3O.2ClH/c1-15(7-4-8-16-11-15)14(19)17-12-6-10-18-9-3-2-5-13(12)18;;/h12-13,16H,2-11H2,1H3,(H,17,19);2*1H. The van der Waals surface area contributed by atoms with Crippen LogP contribution in [0.5, 0.6) is 0 Å². The lowest BCUT2D eigenvalue weighted by atomic mass is 9.81. The van der Waals surface area contributed by atoms with Gasteiger partial charge in [0, 0.05) is 25.2 Å². The average molecular weight is 338 g/mol. The summed E-state index contributed by atoms with van der Waals surface area (Å²) in [5.41, 5.74) is -0.194. The smallest absolute Gasteiger partial charge is 0.227 e. The highest BCUT2D eigenvalue weighted by atomic mass is 35.5. The van der Waals surface area contributed by atoms with Crippen molar-refractivity contribution in [1.29, 1.82) is 0 Å². The summed E-state index contributed by atoms with van der Waals surface area (Å²) < 4.78 is 0. The summed E-state index contributed by atoms with van der Waals surface area (Å²) in [5.74, 6) is 0.275. The van der Waals surface area contributed by atoms with Crippen molar-refractivity contribution in [2.75, 3.05) is 26.2 Å². The summed E-state index contributed by atoms with van der Waals surface area (Å²) in [4.78, 5) is 15.2. The quantitative estimate of drug-likeness (QED) is 0.809. The number of nitrogens with zero attached hydrogens (tertiary/aromatic N) is 1. The molecule has 21 heavy (non-hydrogen) atoms. The maximum absolute atomic E-state index is 12.6. The zero-order valence-corrected chi connectivity index (χ0v) is 14.5. The number of carbonyl (C=O) groups excluding carboxylic acids is 1. The van der Waals surface area contributed by atoms with Gasteiger partial charge in [0.1, 0.15) is 0 Å². The molecule has 0 aliphatic carbocycles. The second-order valence-electron chi connectivity index (χ2n) is 6.81. The number of hydrogen-bond donors (Lipinski definition) is 2. The fraction of sp³-hybridized carbons (Fsp3) is 0.933. The zero-order chi connectivity index (χ0) is 13.3. The molecule has 0 aromatic heterocycles. The van der Waals surface area contributed by atoms with Crippen LogP contribution in [0.1, 0.15) is 45.4 Å². The van der Waals surface area contributed by atoms with Crippen LogP contribution in [0.2, 0.25) is 0 Å². The minimum absolute atomic E-state index is 0. The van der Waals surface area contributed by atoms with Crippen LogP contribution in [0, 0.1) is 5.41 Å². The number of piperidine rings is 2. The number of nitrogens with one attached hydrogen (secondary N) is 2. The Kier molecular flexibility index (Phi) is 7.25. The summed E-state index contributed by atoms with van der Waals surface area (Å²) in [5, 5.41) is 6.73. The van der Waals surface area contributed by atoms with Gasteiger partial charge in [-0.2, -0.15) is 0 Å². The monoisotopic (exact) mass is 337 g/mol. The van der Waals surface area contributed by atoms with E-state index in [0.29, 0.717) is 12.1 Å². The molecular weight excluding hydrogens is 309 g/mol. The van der Waals surface area contributed by atoms with E-state index in [2.05, 4.69) is 22.5 Å². The molecule has 3 atom stereocenters. The lowest BCUT2D eigenvalue weighted by Gasteiger charge is -2.36. The van der Waals surface area contributed by atoms with Crippen molar-refractivity contribution in [2.45, 2.75) is 57.5 Å². The van der Waals surface area contributed by atoms with Crippen LogP contribution < -0.4 is 10.6 Å². The normalized spacial score (nSPS) is 36.0. The van der Waals surface area contributed by atoms with Gasteiger partial charge in [-0.3, -0.25) is 9.69 Å². The van der Waals surface area contributed by atoms with Crippen LogP contribution in [0.25, 0.3) is 0 Å². The maximum atomic E-state index is 12.6. The number of fused-ring (bicyclic) bond motifs is 1. The van der Waals surface area contributed by atoms with E-state index in [1.165, 1.54) is 32.4 Å². The molecule has 1 amide bonds. The van der Waals surface area contributed by atoms with Crippen molar-refractivity contribution >= 4 is 30.7 Å². The Hall–Kier alpha value is -0.0300. The van der Waals surface area contributed by atoms with Gasteiger partial charge in [0.2, 0.25) is 5.91 Å². The van der Waals surface area contributed by atoms with Gasteiger partial charge in [-0.1, -0.05) is 6.42 Å². The second-order valence-corrected chi connectivity index (χ2v) is 6.81. The Morgan fingerprint density at radius 3 is 2.71 bits per heavy atom. The number of amides is 1. The molecule has 0 aromatic rings. The molecule has 0 aromatic carbocycles. The third-order valence-corrected chi connectivity index (χ3v) is 5.32. The summed E-state index contributed by atoms with van der Waals surface area (Å²) in [6, 6.07) is 1.00. The van der Waals surface area contributed by atoms with E-state index >= 15 is 0 Å². The first-order valence-corrected chi connectivity index (χ1v) is 7.95. The predicted molar refractivity (Wildman–Crippen MR) is 90.5 cm³/mol. The average Bonchev–Trinajstić information content (AvgIpc) is 2.83. The summed E-state index contributed by atoms with van der Waals surface area (Å²) in [6.45, 7) is 6.41. The van der Waals surface area contributed by atoms with Crippen molar-refractivity contribution in [3.05, 3.63) is 0 Å². The van der Waals surface area contributed by atoms with Gasteiger partial charge >= 0.3 is 0 Å². The van der Waals surface area contributed by atoms with Gasteiger partial charge in [0.05, 0.1) is 5.41 Å². The van der Waals surface area contributed by atoms with Gasteiger partial charge in [-0.25, -0.2) is 0 Å². The fourth-order valence-corrected chi connectivity index (χ4v) is 4.01. The van der Waals surface area contributed by atoms with Crippen LogP contribution in [-0.2, 0) is 4.79 Å². The molecule has 124 valence electrons. The highest BCUT2D eigenvalue weighted by Crippen LogP contribution is 2.30. The van der Waals surface area contributed by atoms with E-state index in [-0.39, 0.29) is 36.1 Å². The van der Waals surface area contributed by atoms with Crippen LogP contribution >= 0.6 is 24.8 Å². The molecule has 0 spiro atoms. The molecule has 4 nitrogen and oxygen atoms in total. The van der Waals surface area contributed by atoms with Crippen molar-refractivity contribution in [3.8, 4) is 0 Å². The zero-order valence-electron chi connectivity index (χ0n) is 12.9. The fourth-order valence-electron chi connectivity index (χ4n) is 4.01. The molecule has 2 N–H and O–H groups in total. The molecular formula is C15H29Cl2N3O. The number of hydrogen-bond acceptors (Lipinski definition) is 3. The lowest BCUT2D eigenvalue weighted by molar-refractivity contribution is -0.132. The third kappa shape index (κ3) is 4.04. The summed E-state index contributed by atoms with van der Waals surface area (Å²) in [6.07, 6.45) is 7.20. The Balaban J connectivity index is 0.00000110. The van der Waals surface area contributed by atoms with E-state index in [9.17, 15) is 4.79 Å². The van der Waals surface area contributed by atoms with Crippen molar-refractivity contribution in [2.24, 2.45) is 5.41 Å². The largest absolute Gasteiger partial charge is 0.351 e. The first kappa shape index (κ1) is 19.0. The first-order valence-electron chi connectivity index (χ1n) is 7.95. The van der Waals surface area contributed by atoms with E-state index < -0.39 is 0 Å². The molecule has 3 aliphatic rings. The van der Waals surface area contributed by atoms with Crippen molar-refractivity contribution in [1.82, 2.24) is 15.5 Å². The summed E-state index contributed by atoms with van der Waals surface area (Å²) >= 11 is 0. The molecule has 3 fully saturated rings. The summed E-state index contributed by atoms with van der Waals surface area (Å²) in [7, 11) is 0. The van der Waals surface area contributed by atoms with Crippen molar-refractivity contribution in [3.63, 3.8) is 0 Å². The Morgan fingerprint density at radius 1 is 1.19 bits per heavy atom. The van der Waals surface area contributed by atoms with E-state index in [1.807, 2.05) is 0 Å². The third-order valence-electron chi connectivity index (χ3n) is 5.32. The molecule has 3 saturated heterocycles. The molecule has 6 heteroatoms. The van der Waals surface area contributed by atoms with Gasteiger partial charge in [0.15, 0.2) is 0 Å². The number of rotatable bonds is 2.